The third-order valence-corrected chi connectivity index (χ3v) is 5.40. The van der Waals surface area contributed by atoms with Crippen molar-refractivity contribution in [3.8, 4) is 6.07 Å². The van der Waals surface area contributed by atoms with Crippen LogP contribution in [0, 0.1) is 11.3 Å². The van der Waals surface area contributed by atoms with Crippen LogP contribution in [0.1, 0.15) is 48.5 Å². The second-order valence-electron chi connectivity index (χ2n) is 7.86. The molecule has 1 heterocycles. The van der Waals surface area contributed by atoms with E-state index in [2.05, 4.69) is 20.9 Å². The molecular weight excluding hydrogens is 418 g/mol. The fraction of sp³-hybridized carbons (Fsp3) is 0.400. The highest BCUT2D eigenvalue weighted by Crippen LogP contribution is 2.27. The molecule has 2 aromatic carbocycles. The Balaban J connectivity index is 1.72. The monoisotopic (exact) mass is 449 g/mol. The summed E-state index contributed by atoms with van der Waals surface area (Å²) >= 11 is 0. The van der Waals surface area contributed by atoms with Crippen LogP contribution < -0.4 is 20.9 Å². The van der Waals surface area contributed by atoms with Crippen LogP contribution in [0.25, 0.3) is 0 Å². The molecule has 0 spiro atoms. The van der Waals surface area contributed by atoms with E-state index < -0.39 is 6.03 Å². The SMILES string of the molecule is CCOCCCNC(=O)c1cc(NC(=O)Nc2cccc(C#N)c2)ccc1N1CCCCC1. The summed E-state index contributed by atoms with van der Waals surface area (Å²) in [5.41, 5.74) is 2.91. The summed E-state index contributed by atoms with van der Waals surface area (Å²) in [6, 6.07) is 13.7. The summed E-state index contributed by atoms with van der Waals surface area (Å²) in [7, 11) is 0. The molecule has 0 unspecified atom stereocenters. The van der Waals surface area contributed by atoms with Crippen molar-refractivity contribution in [2.24, 2.45) is 0 Å². The van der Waals surface area contributed by atoms with E-state index in [1.807, 2.05) is 19.1 Å². The number of carbonyl (C=O) groups excluding carboxylic acids is 2. The average molecular weight is 450 g/mol. The topological polar surface area (TPSA) is 106 Å². The van der Waals surface area contributed by atoms with Crippen LogP contribution in [-0.4, -0.2) is 44.8 Å². The Morgan fingerprint density at radius 1 is 1.06 bits per heavy atom. The van der Waals surface area contributed by atoms with E-state index in [0.29, 0.717) is 42.3 Å². The zero-order valence-corrected chi connectivity index (χ0v) is 19.0. The van der Waals surface area contributed by atoms with Gasteiger partial charge in [-0.2, -0.15) is 5.26 Å². The predicted molar refractivity (Wildman–Crippen MR) is 130 cm³/mol. The van der Waals surface area contributed by atoms with E-state index in [9.17, 15) is 9.59 Å². The molecule has 1 aliphatic rings. The van der Waals surface area contributed by atoms with Crippen LogP contribution >= 0.6 is 0 Å². The smallest absolute Gasteiger partial charge is 0.323 e. The summed E-state index contributed by atoms with van der Waals surface area (Å²) < 4.78 is 5.33. The predicted octanol–water partition coefficient (Wildman–Crippen LogP) is 4.35. The molecule has 0 saturated carbocycles. The number of urea groups is 1. The van der Waals surface area contributed by atoms with Gasteiger partial charge in [0.15, 0.2) is 0 Å². The molecule has 0 bridgehead atoms. The van der Waals surface area contributed by atoms with Crippen molar-refractivity contribution >= 4 is 29.0 Å². The van der Waals surface area contributed by atoms with Gasteiger partial charge in [-0.3, -0.25) is 4.79 Å². The maximum absolute atomic E-state index is 13.0. The number of nitriles is 1. The Bertz CT molecular complexity index is 996. The molecule has 8 heteroatoms. The number of rotatable bonds is 9. The first-order valence-corrected chi connectivity index (χ1v) is 11.4. The summed E-state index contributed by atoms with van der Waals surface area (Å²) in [5, 5.41) is 17.5. The van der Waals surface area contributed by atoms with Gasteiger partial charge >= 0.3 is 6.03 Å². The number of benzene rings is 2. The summed E-state index contributed by atoms with van der Waals surface area (Å²) in [6.45, 7) is 5.54. The number of piperidine rings is 1. The van der Waals surface area contributed by atoms with Gasteiger partial charge in [0.1, 0.15) is 0 Å². The summed E-state index contributed by atoms with van der Waals surface area (Å²) in [4.78, 5) is 27.7. The molecule has 0 aliphatic carbocycles. The third-order valence-electron chi connectivity index (χ3n) is 5.40. The molecule has 0 aromatic heterocycles. The van der Waals surface area contributed by atoms with Crippen LogP contribution in [0.4, 0.5) is 21.9 Å². The van der Waals surface area contributed by atoms with Crippen molar-refractivity contribution in [2.75, 3.05) is 48.4 Å². The normalized spacial score (nSPS) is 13.2. The van der Waals surface area contributed by atoms with Crippen molar-refractivity contribution in [2.45, 2.75) is 32.6 Å². The molecule has 0 radical (unpaired) electrons. The number of carbonyl (C=O) groups is 2. The van der Waals surface area contributed by atoms with Gasteiger partial charge in [0.05, 0.1) is 17.2 Å². The molecule has 1 saturated heterocycles. The largest absolute Gasteiger partial charge is 0.382 e. The van der Waals surface area contributed by atoms with Crippen molar-refractivity contribution < 1.29 is 14.3 Å². The fourth-order valence-electron chi connectivity index (χ4n) is 3.78. The Morgan fingerprint density at radius 2 is 1.82 bits per heavy atom. The summed E-state index contributed by atoms with van der Waals surface area (Å²) in [5.74, 6) is -0.169. The van der Waals surface area contributed by atoms with Crippen LogP contribution in [0.3, 0.4) is 0 Å². The Labute approximate surface area is 194 Å². The Morgan fingerprint density at radius 3 is 2.55 bits per heavy atom. The van der Waals surface area contributed by atoms with Gasteiger partial charge in [-0.05, 0) is 69.0 Å². The lowest BCUT2D eigenvalue weighted by Crippen LogP contribution is -2.33. The van der Waals surface area contributed by atoms with Gasteiger partial charge < -0.3 is 25.6 Å². The minimum atomic E-state index is -0.445. The van der Waals surface area contributed by atoms with E-state index in [-0.39, 0.29) is 5.91 Å². The van der Waals surface area contributed by atoms with Crippen molar-refractivity contribution in [3.05, 3.63) is 53.6 Å². The van der Waals surface area contributed by atoms with E-state index in [4.69, 9.17) is 10.00 Å². The second-order valence-corrected chi connectivity index (χ2v) is 7.86. The highest BCUT2D eigenvalue weighted by atomic mass is 16.5. The number of nitrogens with zero attached hydrogens (tertiary/aromatic N) is 2. The third kappa shape index (κ3) is 7.22. The van der Waals surface area contributed by atoms with Crippen LogP contribution in [0.5, 0.6) is 0 Å². The van der Waals surface area contributed by atoms with Crippen LogP contribution in [-0.2, 0) is 4.74 Å². The van der Waals surface area contributed by atoms with Crippen LogP contribution in [0.15, 0.2) is 42.5 Å². The molecule has 1 fully saturated rings. The number of amides is 3. The van der Waals surface area contributed by atoms with Gasteiger partial charge in [-0.25, -0.2) is 4.79 Å². The van der Waals surface area contributed by atoms with E-state index >= 15 is 0 Å². The summed E-state index contributed by atoms with van der Waals surface area (Å²) in [6.07, 6.45) is 4.13. The molecule has 3 rings (SSSR count). The van der Waals surface area contributed by atoms with Crippen molar-refractivity contribution in [1.29, 1.82) is 5.26 Å². The van der Waals surface area contributed by atoms with Gasteiger partial charge in [0.25, 0.3) is 5.91 Å². The number of hydrogen-bond donors (Lipinski definition) is 3. The Kier molecular flexibility index (Phi) is 9.09. The lowest BCUT2D eigenvalue weighted by molar-refractivity contribution is 0.0944. The number of ether oxygens (including phenoxy) is 1. The molecule has 8 nitrogen and oxygen atoms in total. The lowest BCUT2D eigenvalue weighted by Gasteiger charge is -2.30. The second kappa shape index (κ2) is 12.5. The lowest BCUT2D eigenvalue weighted by atomic mass is 10.1. The van der Waals surface area contributed by atoms with Gasteiger partial charge in [-0.1, -0.05) is 6.07 Å². The number of hydrogen-bond acceptors (Lipinski definition) is 5. The molecule has 33 heavy (non-hydrogen) atoms. The van der Waals surface area contributed by atoms with E-state index in [1.54, 1.807) is 36.4 Å². The minimum Gasteiger partial charge on any atom is -0.382 e. The standard InChI is InChI=1S/C25H31N5O3/c1-2-33-15-7-12-27-24(31)22-17-21(10-11-23(22)30-13-4-3-5-14-30)29-25(32)28-20-9-6-8-19(16-20)18-26/h6,8-11,16-17H,2-5,7,12-15H2,1H3,(H,27,31)(H2,28,29,32). The molecule has 3 amide bonds. The zero-order chi connectivity index (χ0) is 23.5. The first-order valence-electron chi connectivity index (χ1n) is 11.4. The molecule has 1 aliphatic heterocycles. The molecule has 3 N–H and O–H groups in total. The average Bonchev–Trinajstić information content (AvgIpc) is 2.84. The highest BCUT2D eigenvalue weighted by molar-refractivity contribution is 6.04. The maximum atomic E-state index is 13.0. The first-order chi connectivity index (χ1) is 16.1. The van der Waals surface area contributed by atoms with E-state index in [1.165, 1.54) is 6.42 Å². The minimum absolute atomic E-state index is 0.169. The number of anilines is 3. The zero-order valence-electron chi connectivity index (χ0n) is 19.0. The molecule has 0 atom stereocenters. The van der Waals surface area contributed by atoms with Gasteiger partial charge in [0, 0.05) is 49.9 Å². The molecule has 2 aromatic rings. The molecular formula is C25H31N5O3. The quantitative estimate of drug-likeness (QED) is 0.494. The van der Waals surface area contributed by atoms with E-state index in [0.717, 1.165) is 38.0 Å². The number of nitrogens with one attached hydrogen (secondary N) is 3. The highest BCUT2D eigenvalue weighted by Gasteiger charge is 2.19. The van der Waals surface area contributed by atoms with Gasteiger partial charge in [-0.15, -0.1) is 0 Å². The van der Waals surface area contributed by atoms with Gasteiger partial charge in [0.2, 0.25) is 0 Å². The molecule has 174 valence electrons. The maximum Gasteiger partial charge on any atom is 0.323 e. The first kappa shape index (κ1) is 24.1. The fourth-order valence-corrected chi connectivity index (χ4v) is 3.78. The Hall–Kier alpha value is -3.57. The van der Waals surface area contributed by atoms with Crippen molar-refractivity contribution in [3.63, 3.8) is 0 Å². The van der Waals surface area contributed by atoms with Crippen molar-refractivity contribution in [1.82, 2.24) is 5.32 Å². The van der Waals surface area contributed by atoms with Crippen LogP contribution in [0.2, 0.25) is 0 Å².